The number of sulfonamides is 1. The van der Waals surface area contributed by atoms with E-state index in [-0.39, 0.29) is 27.0 Å². The lowest BCUT2D eigenvalue weighted by Crippen LogP contribution is -2.27. The smallest absolute Gasteiger partial charge is 0.287 e. The molecule has 2 rings (SSSR count). The van der Waals surface area contributed by atoms with Gasteiger partial charge in [0.2, 0.25) is 15.5 Å². The molecule has 1 aromatic carbocycles. The summed E-state index contributed by atoms with van der Waals surface area (Å²) in [5, 5.41) is 3.33. The van der Waals surface area contributed by atoms with E-state index >= 15 is 0 Å². The lowest BCUT2D eigenvalue weighted by Gasteiger charge is -2.17. The quantitative estimate of drug-likeness (QED) is 0.725. The number of hydrogen-bond acceptors (Lipinski definition) is 4. The van der Waals surface area contributed by atoms with Gasteiger partial charge < -0.3 is 0 Å². The maximum atomic E-state index is 12.9. The highest BCUT2D eigenvalue weighted by molar-refractivity contribution is 7.89. The molecule has 0 unspecified atom stereocenters. The van der Waals surface area contributed by atoms with Gasteiger partial charge in [-0.05, 0) is 12.1 Å². The first-order valence-electron chi connectivity index (χ1n) is 7.42. The summed E-state index contributed by atoms with van der Waals surface area (Å²) in [5.41, 5.74) is -2.88. The summed E-state index contributed by atoms with van der Waals surface area (Å²) >= 11 is 12.0. The van der Waals surface area contributed by atoms with Crippen LogP contribution in [0.25, 0.3) is 11.3 Å². The summed E-state index contributed by atoms with van der Waals surface area (Å²) in [4.78, 5) is 11.9. The highest BCUT2D eigenvalue weighted by atomic mass is 35.5. The van der Waals surface area contributed by atoms with E-state index in [0.29, 0.717) is 10.7 Å². The van der Waals surface area contributed by atoms with E-state index < -0.39 is 33.0 Å². The van der Waals surface area contributed by atoms with Crippen LogP contribution < -0.4 is 5.43 Å². The third-order valence-corrected chi connectivity index (χ3v) is 6.51. The molecule has 0 aliphatic carbocycles. The van der Waals surface area contributed by atoms with Crippen LogP contribution in [-0.4, -0.2) is 36.1 Å². The zero-order valence-electron chi connectivity index (χ0n) is 14.3. The number of nitrogens with zero attached hydrogens (tertiary/aromatic N) is 3. The highest BCUT2D eigenvalue weighted by Crippen LogP contribution is 2.35. The first kappa shape index (κ1) is 21.7. The second-order valence-electron chi connectivity index (χ2n) is 5.55. The number of rotatable bonds is 4. The van der Waals surface area contributed by atoms with Crippen LogP contribution in [0.4, 0.5) is 13.2 Å². The van der Waals surface area contributed by atoms with Crippen LogP contribution >= 0.6 is 23.2 Å². The molecule has 148 valence electrons. The molecule has 0 saturated heterocycles. The van der Waals surface area contributed by atoms with Crippen LogP contribution in [0.2, 0.25) is 10.0 Å². The Labute approximate surface area is 163 Å². The van der Waals surface area contributed by atoms with E-state index in [1.54, 1.807) is 6.92 Å². The molecule has 0 fully saturated rings. The zero-order chi connectivity index (χ0) is 20.7. The van der Waals surface area contributed by atoms with Crippen molar-refractivity contribution in [2.24, 2.45) is 7.05 Å². The summed E-state index contributed by atoms with van der Waals surface area (Å²) in [5.74, 6) is 0. The van der Waals surface area contributed by atoms with Gasteiger partial charge in [-0.15, -0.1) is 0 Å². The fraction of sp³-hybridized carbons (Fsp3) is 0.333. The van der Waals surface area contributed by atoms with Gasteiger partial charge in [-0.1, -0.05) is 30.1 Å². The summed E-state index contributed by atoms with van der Waals surface area (Å²) < 4.78 is 65.4. The highest BCUT2D eigenvalue weighted by Gasteiger charge is 2.35. The van der Waals surface area contributed by atoms with Gasteiger partial charge in [0.1, 0.15) is 16.3 Å². The van der Waals surface area contributed by atoms with Gasteiger partial charge >= 0.3 is 6.18 Å². The fourth-order valence-electron chi connectivity index (χ4n) is 2.24. The third-order valence-electron chi connectivity index (χ3n) is 3.80. The van der Waals surface area contributed by atoms with E-state index in [9.17, 15) is 26.4 Å². The summed E-state index contributed by atoms with van der Waals surface area (Å²) in [6, 6.07) is 2.51. The Balaban J connectivity index is 2.77. The minimum absolute atomic E-state index is 0.123. The van der Waals surface area contributed by atoms with Crippen molar-refractivity contribution in [2.45, 2.75) is 18.0 Å². The molecule has 2 aromatic rings. The Bertz CT molecular complexity index is 1050. The molecule has 1 aromatic heterocycles. The number of alkyl halides is 3. The SMILES string of the molecule is CCN(C)S(=O)(=O)c1cc(-c2nn(C)c(C(F)(F)F)cc2=O)c(Cl)cc1Cl. The molecule has 0 amide bonds. The fourth-order valence-corrected chi connectivity index (χ4v) is 4.25. The van der Waals surface area contributed by atoms with Crippen LogP contribution in [0.15, 0.2) is 27.9 Å². The number of benzene rings is 1. The molecule has 12 heteroatoms. The topological polar surface area (TPSA) is 72.3 Å². The Morgan fingerprint density at radius 3 is 2.30 bits per heavy atom. The molecule has 0 spiro atoms. The van der Waals surface area contributed by atoms with Crippen molar-refractivity contribution in [1.82, 2.24) is 14.1 Å². The molecule has 0 aliphatic heterocycles. The van der Waals surface area contributed by atoms with Crippen molar-refractivity contribution in [3.8, 4) is 11.3 Å². The Hall–Kier alpha value is -1.62. The standard InChI is InChI=1S/C15H14Cl2F3N3O3S/c1-4-22(2)27(25,26)12-5-8(9(16)6-10(12)17)14-11(24)7-13(15(18,19)20)23(3)21-14/h5-7H,4H2,1-3H3. The average molecular weight is 444 g/mol. The van der Waals surface area contributed by atoms with E-state index in [1.165, 1.54) is 7.05 Å². The molecular formula is C15H14Cl2F3N3O3S. The van der Waals surface area contributed by atoms with Crippen molar-refractivity contribution in [2.75, 3.05) is 13.6 Å². The molecule has 0 atom stereocenters. The van der Waals surface area contributed by atoms with Gasteiger partial charge in [0.25, 0.3) is 0 Å². The van der Waals surface area contributed by atoms with Gasteiger partial charge in [0.05, 0.1) is 10.0 Å². The van der Waals surface area contributed by atoms with Gasteiger partial charge in [0.15, 0.2) is 0 Å². The minimum Gasteiger partial charge on any atom is -0.287 e. The molecular weight excluding hydrogens is 430 g/mol. The van der Waals surface area contributed by atoms with E-state index in [0.717, 1.165) is 23.5 Å². The molecule has 0 aliphatic rings. The van der Waals surface area contributed by atoms with E-state index in [4.69, 9.17) is 23.2 Å². The lowest BCUT2D eigenvalue weighted by molar-refractivity contribution is -0.144. The molecule has 6 nitrogen and oxygen atoms in total. The normalized spacial score (nSPS) is 12.6. The summed E-state index contributed by atoms with van der Waals surface area (Å²) in [6.07, 6.45) is -4.78. The summed E-state index contributed by atoms with van der Waals surface area (Å²) in [7, 11) is -1.65. The largest absolute Gasteiger partial charge is 0.433 e. The van der Waals surface area contributed by atoms with Crippen molar-refractivity contribution in [1.29, 1.82) is 0 Å². The van der Waals surface area contributed by atoms with Crippen LogP contribution in [0.3, 0.4) is 0 Å². The molecule has 0 saturated carbocycles. The second-order valence-corrected chi connectivity index (χ2v) is 8.37. The monoisotopic (exact) mass is 443 g/mol. The van der Waals surface area contributed by atoms with Crippen LogP contribution in [0.1, 0.15) is 12.6 Å². The van der Waals surface area contributed by atoms with Gasteiger partial charge in [-0.2, -0.15) is 18.3 Å². The second kappa shape index (κ2) is 7.42. The Kier molecular flexibility index (Phi) is 5.96. The van der Waals surface area contributed by atoms with Gasteiger partial charge in [-0.3, -0.25) is 9.48 Å². The first-order valence-corrected chi connectivity index (χ1v) is 9.61. The predicted molar refractivity (Wildman–Crippen MR) is 95.4 cm³/mol. The zero-order valence-corrected chi connectivity index (χ0v) is 16.6. The first-order chi connectivity index (χ1) is 12.3. The average Bonchev–Trinajstić information content (AvgIpc) is 2.54. The Morgan fingerprint density at radius 1 is 1.19 bits per heavy atom. The van der Waals surface area contributed by atoms with Gasteiger partial charge in [0, 0.05) is 32.3 Å². The Morgan fingerprint density at radius 2 is 1.78 bits per heavy atom. The predicted octanol–water partition coefficient (Wildman–Crippen LogP) is 3.41. The van der Waals surface area contributed by atoms with Crippen LogP contribution in [0.5, 0.6) is 0 Å². The molecule has 27 heavy (non-hydrogen) atoms. The maximum absolute atomic E-state index is 12.9. The van der Waals surface area contributed by atoms with Crippen molar-refractivity contribution < 1.29 is 21.6 Å². The minimum atomic E-state index is -4.78. The van der Waals surface area contributed by atoms with Crippen LogP contribution in [-0.2, 0) is 23.2 Å². The molecule has 0 radical (unpaired) electrons. The van der Waals surface area contributed by atoms with E-state index in [1.807, 2.05) is 0 Å². The molecule has 0 N–H and O–H groups in total. The number of halogens is 5. The number of aromatic nitrogens is 2. The summed E-state index contributed by atoms with van der Waals surface area (Å²) in [6.45, 7) is 1.76. The number of aryl methyl sites for hydroxylation is 1. The molecule has 1 heterocycles. The van der Waals surface area contributed by atoms with Crippen molar-refractivity contribution in [3.63, 3.8) is 0 Å². The third kappa shape index (κ3) is 4.13. The van der Waals surface area contributed by atoms with Crippen molar-refractivity contribution >= 4 is 33.2 Å². The van der Waals surface area contributed by atoms with Crippen LogP contribution in [0, 0.1) is 0 Å². The number of hydrogen-bond donors (Lipinski definition) is 0. The van der Waals surface area contributed by atoms with Crippen molar-refractivity contribution in [3.05, 3.63) is 44.2 Å². The maximum Gasteiger partial charge on any atom is 0.433 e. The van der Waals surface area contributed by atoms with Gasteiger partial charge in [-0.25, -0.2) is 12.7 Å². The van der Waals surface area contributed by atoms with E-state index in [2.05, 4.69) is 5.10 Å². The molecule has 0 bridgehead atoms. The lowest BCUT2D eigenvalue weighted by atomic mass is 10.1.